The fourth-order valence-electron chi connectivity index (χ4n) is 1.23. The molecule has 0 aliphatic rings. The molecular formula is C13H18FNO2. The summed E-state index contributed by atoms with van der Waals surface area (Å²) in [7, 11) is 0. The number of rotatable bonds is 7. The number of benzene rings is 1. The lowest BCUT2D eigenvalue weighted by molar-refractivity contribution is 0.107. The van der Waals surface area contributed by atoms with Gasteiger partial charge in [-0.25, -0.2) is 4.39 Å². The molecule has 2 N–H and O–H groups in total. The van der Waals surface area contributed by atoms with Crippen molar-refractivity contribution in [1.29, 1.82) is 0 Å². The van der Waals surface area contributed by atoms with Gasteiger partial charge in [-0.05, 0) is 31.2 Å². The molecule has 0 heterocycles. The highest BCUT2D eigenvalue weighted by atomic mass is 19.1. The van der Waals surface area contributed by atoms with Crippen molar-refractivity contribution in [2.24, 2.45) is 0 Å². The molecule has 0 fully saturated rings. The predicted molar refractivity (Wildman–Crippen MR) is 65.6 cm³/mol. The first-order chi connectivity index (χ1) is 8.08. The third kappa shape index (κ3) is 6.04. The van der Waals surface area contributed by atoms with E-state index in [-0.39, 0.29) is 12.4 Å². The molecule has 4 heteroatoms. The van der Waals surface area contributed by atoms with Crippen LogP contribution in [0.3, 0.4) is 0 Å². The van der Waals surface area contributed by atoms with Gasteiger partial charge in [-0.1, -0.05) is 12.2 Å². The molecule has 0 aliphatic carbocycles. The normalized spacial score (nSPS) is 12.2. The number of aliphatic hydroxyl groups is 1. The fourth-order valence-corrected chi connectivity index (χ4v) is 1.23. The zero-order chi connectivity index (χ0) is 12.7. The summed E-state index contributed by atoms with van der Waals surface area (Å²) < 4.78 is 17.9. The van der Waals surface area contributed by atoms with Crippen LogP contribution in [0.25, 0.3) is 0 Å². The second-order valence-corrected chi connectivity index (χ2v) is 4.01. The first-order valence-electron chi connectivity index (χ1n) is 5.49. The summed E-state index contributed by atoms with van der Waals surface area (Å²) in [6.07, 6.45) is -0.598. The van der Waals surface area contributed by atoms with Gasteiger partial charge in [0.2, 0.25) is 0 Å². The Morgan fingerprint density at radius 2 is 2.12 bits per heavy atom. The Hall–Kier alpha value is -1.39. The molecule has 0 radical (unpaired) electrons. The second kappa shape index (κ2) is 7.04. The largest absolute Gasteiger partial charge is 0.491 e. The topological polar surface area (TPSA) is 41.5 Å². The van der Waals surface area contributed by atoms with Crippen molar-refractivity contribution in [3.8, 4) is 5.75 Å². The number of halogens is 1. The van der Waals surface area contributed by atoms with E-state index in [1.54, 1.807) is 0 Å². The van der Waals surface area contributed by atoms with Gasteiger partial charge >= 0.3 is 0 Å². The zero-order valence-electron chi connectivity index (χ0n) is 9.95. The molecule has 0 aromatic heterocycles. The average Bonchev–Trinajstić information content (AvgIpc) is 2.28. The summed E-state index contributed by atoms with van der Waals surface area (Å²) in [5.41, 5.74) is 1.01. The molecule has 1 aromatic rings. The van der Waals surface area contributed by atoms with E-state index in [1.807, 2.05) is 6.92 Å². The maximum atomic E-state index is 12.6. The van der Waals surface area contributed by atoms with Crippen LogP contribution >= 0.6 is 0 Å². The Balaban J connectivity index is 2.21. The SMILES string of the molecule is C=C(C)CNCC(O)COc1ccc(F)cc1. The third-order valence-electron chi connectivity index (χ3n) is 2.06. The minimum Gasteiger partial charge on any atom is -0.491 e. The van der Waals surface area contributed by atoms with Gasteiger partial charge in [-0.3, -0.25) is 0 Å². The van der Waals surface area contributed by atoms with Gasteiger partial charge in [0.1, 0.15) is 24.3 Å². The summed E-state index contributed by atoms with van der Waals surface area (Å²) >= 11 is 0. The van der Waals surface area contributed by atoms with Crippen molar-refractivity contribution in [2.75, 3.05) is 19.7 Å². The van der Waals surface area contributed by atoms with Crippen LogP contribution in [0.5, 0.6) is 5.75 Å². The highest BCUT2D eigenvalue weighted by Gasteiger charge is 2.04. The van der Waals surface area contributed by atoms with Crippen molar-refractivity contribution in [3.63, 3.8) is 0 Å². The second-order valence-electron chi connectivity index (χ2n) is 4.01. The van der Waals surface area contributed by atoms with E-state index in [9.17, 15) is 9.50 Å². The van der Waals surface area contributed by atoms with Crippen LogP contribution in [-0.2, 0) is 0 Å². The van der Waals surface area contributed by atoms with Crippen LogP contribution in [0, 0.1) is 5.82 Å². The van der Waals surface area contributed by atoms with Gasteiger partial charge in [0.25, 0.3) is 0 Å². The summed E-state index contributed by atoms with van der Waals surface area (Å²) in [6, 6.07) is 5.70. The molecule has 0 bridgehead atoms. The average molecular weight is 239 g/mol. The Kier molecular flexibility index (Phi) is 5.66. The molecule has 1 rings (SSSR count). The van der Waals surface area contributed by atoms with E-state index in [2.05, 4.69) is 11.9 Å². The van der Waals surface area contributed by atoms with Gasteiger partial charge in [0.05, 0.1) is 0 Å². The Bertz CT molecular complexity index is 351. The van der Waals surface area contributed by atoms with Crippen LogP contribution < -0.4 is 10.1 Å². The lowest BCUT2D eigenvalue weighted by Gasteiger charge is -2.13. The number of hydrogen-bond donors (Lipinski definition) is 2. The van der Waals surface area contributed by atoms with E-state index in [0.717, 1.165) is 5.57 Å². The van der Waals surface area contributed by atoms with Crippen molar-refractivity contribution < 1.29 is 14.2 Å². The smallest absolute Gasteiger partial charge is 0.123 e. The van der Waals surface area contributed by atoms with E-state index in [4.69, 9.17) is 4.74 Å². The van der Waals surface area contributed by atoms with Crippen molar-refractivity contribution in [1.82, 2.24) is 5.32 Å². The highest BCUT2D eigenvalue weighted by molar-refractivity contribution is 5.22. The molecule has 1 unspecified atom stereocenters. The molecule has 0 spiro atoms. The van der Waals surface area contributed by atoms with Gasteiger partial charge < -0.3 is 15.2 Å². The van der Waals surface area contributed by atoms with E-state index in [1.165, 1.54) is 24.3 Å². The molecule has 94 valence electrons. The Morgan fingerprint density at radius 1 is 1.47 bits per heavy atom. The van der Waals surface area contributed by atoms with Crippen molar-refractivity contribution >= 4 is 0 Å². The highest BCUT2D eigenvalue weighted by Crippen LogP contribution is 2.11. The predicted octanol–water partition coefficient (Wildman–Crippen LogP) is 1.73. The van der Waals surface area contributed by atoms with Crippen molar-refractivity contribution in [2.45, 2.75) is 13.0 Å². The molecule has 17 heavy (non-hydrogen) atoms. The van der Waals surface area contributed by atoms with E-state index < -0.39 is 6.10 Å². The van der Waals surface area contributed by atoms with E-state index in [0.29, 0.717) is 18.8 Å². The molecule has 3 nitrogen and oxygen atoms in total. The lowest BCUT2D eigenvalue weighted by Crippen LogP contribution is -2.32. The Labute approximate surface area is 101 Å². The quantitative estimate of drug-likeness (QED) is 0.712. The number of aliphatic hydroxyl groups excluding tert-OH is 1. The molecule has 1 atom stereocenters. The van der Waals surface area contributed by atoms with Crippen molar-refractivity contribution in [3.05, 3.63) is 42.2 Å². The number of nitrogens with one attached hydrogen (secondary N) is 1. The first kappa shape index (κ1) is 13.7. The van der Waals surface area contributed by atoms with Crippen LogP contribution in [0.1, 0.15) is 6.92 Å². The standard InChI is InChI=1S/C13H18FNO2/c1-10(2)7-15-8-12(16)9-17-13-5-3-11(14)4-6-13/h3-6,12,15-16H,1,7-9H2,2H3. The molecule has 0 saturated heterocycles. The third-order valence-corrected chi connectivity index (χ3v) is 2.06. The van der Waals surface area contributed by atoms with E-state index >= 15 is 0 Å². The summed E-state index contributed by atoms with van der Waals surface area (Å²) in [4.78, 5) is 0. The zero-order valence-corrected chi connectivity index (χ0v) is 9.95. The maximum absolute atomic E-state index is 12.6. The minimum absolute atomic E-state index is 0.175. The van der Waals surface area contributed by atoms with Crippen LogP contribution in [0.2, 0.25) is 0 Å². The lowest BCUT2D eigenvalue weighted by atomic mass is 10.3. The number of hydrogen-bond acceptors (Lipinski definition) is 3. The molecule has 0 saturated carbocycles. The van der Waals surface area contributed by atoms with Gasteiger partial charge in [-0.2, -0.15) is 0 Å². The molecule has 0 amide bonds. The summed E-state index contributed by atoms with van der Waals surface area (Å²) in [5.74, 6) is 0.242. The van der Waals surface area contributed by atoms with Gasteiger partial charge in [0, 0.05) is 13.1 Å². The van der Waals surface area contributed by atoms with Gasteiger partial charge in [0.15, 0.2) is 0 Å². The maximum Gasteiger partial charge on any atom is 0.123 e. The monoisotopic (exact) mass is 239 g/mol. The first-order valence-corrected chi connectivity index (χ1v) is 5.49. The fraction of sp³-hybridized carbons (Fsp3) is 0.385. The molecule has 0 aliphatic heterocycles. The minimum atomic E-state index is -0.598. The molecule has 1 aromatic carbocycles. The summed E-state index contributed by atoms with van der Waals surface area (Å²) in [5, 5.41) is 12.6. The van der Waals surface area contributed by atoms with Gasteiger partial charge in [-0.15, -0.1) is 0 Å². The molecular weight excluding hydrogens is 221 g/mol. The van der Waals surface area contributed by atoms with Crippen LogP contribution in [0.15, 0.2) is 36.4 Å². The van der Waals surface area contributed by atoms with Crippen LogP contribution in [-0.4, -0.2) is 30.9 Å². The number of ether oxygens (including phenoxy) is 1. The Morgan fingerprint density at radius 3 is 2.71 bits per heavy atom. The van der Waals surface area contributed by atoms with Crippen LogP contribution in [0.4, 0.5) is 4.39 Å². The summed E-state index contributed by atoms with van der Waals surface area (Å²) in [6.45, 7) is 6.94.